The molecule has 0 unspecified atom stereocenters. The van der Waals surface area contributed by atoms with Gasteiger partial charge < -0.3 is 15.8 Å². The summed E-state index contributed by atoms with van der Waals surface area (Å²) in [5, 5.41) is 28.2. The highest BCUT2D eigenvalue weighted by molar-refractivity contribution is 5.96. The molecule has 1 heterocycles. The van der Waals surface area contributed by atoms with Gasteiger partial charge in [0.25, 0.3) is 5.56 Å². The fraction of sp³-hybridized carbons (Fsp3) is 0. The molecule has 1 aromatic heterocycles. The van der Waals surface area contributed by atoms with Crippen LogP contribution in [0.25, 0.3) is 22.3 Å². The van der Waals surface area contributed by atoms with Gasteiger partial charge in [0.05, 0.1) is 5.56 Å². The Bertz CT molecular complexity index is 1210. The number of carbonyl (C=O) groups is 1. The van der Waals surface area contributed by atoms with Crippen LogP contribution in [0.3, 0.4) is 0 Å². The van der Waals surface area contributed by atoms with E-state index in [2.05, 4.69) is 4.98 Å². The first kappa shape index (κ1) is 17.5. The monoisotopic (exact) mass is 356 g/mol. The van der Waals surface area contributed by atoms with E-state index < -0.39 is 11.5 Å². The van der Waals surface area contributed by atoms with Gasteiger partial charge in [-0.25, -0.2) is 4.79 Å². The van der Waals surface area contributed by atoms with Crippen molar-refractivity contribution in [2.45, 2.75) is 0 Å². The number of pyridine rings is 1. The molecule has 0 spiro atoms. The van der Waals surface area contributed by atoms with Gasteiger partial charge >= 0.3 is 5.97 Å². The number of benzene rings is 2. The van der Waals surface area contributed by atoms with Gasteiger partial charge in [0.1, 0.15) is 29.1 Å². The van der Waals surface area contributed by atoms with Gasteiger partial charge in [-0.3, -0.25) is 4.79 Å². The highest BCUT2D eigenvalue weighted by Gasteiger charge is 2.19. The molecule has 0 amide bonds. The van der Waals surface area contributed by atoms with Crippen molar-refractivity contribution in [1.29, 1.82) is 10.5 Å². The lowest BCUT2D eigenvalue weighted by Crippen LogP contribution is -2.16. The van der Waals surface area contributed by atoms with Gasteiger partial charge in [-0.05, 0) is 28.8 Å². The van der Waals surface area contributed by atoms with Crippen molar-refractivity contribution in [2.75, 3.05) is 5.73 Å². The predicted molar refractivity (Wildman–Crippen MR) is 98.7 cm³/mol. The third-order valence-electron chi connectivity index (χ3n) is 4.09. The van der Waals surface area contributed by atoms with E-state index in [1.807, 2.05) is 12.1 Å². The van der Waals surface area contributed by atoms with E-state index in [-0.39, 0.29) is 28.1 Å². The minimum Gasteiger partial charge on any atom is -0.478 e. The molecular formula is C20H12N4O3. The molecule has 0 saturated heterocycles. The van der Waals surface area contributed by atoms with Crippen LogP contribution in [0.1, 0.15) is 21.5 Å². The van der Waals surface area contributed by atoms with Crippen LogP contribution in [0.4, 0.5) is 5.82 Å². The molecule has 130 valence electrons. The maximum Gasteiger partial charge on any atom is 0.336 e. The van der Waals surface area contributed by atoms with Crippen molar-refractivity contribution < 1.29 is 9.90 Å². The highest BCUT2D eigenvalue weighted by atomic mass is 16.4. The number of nitrogens with two attached hydrogens (primary N) is 1. The summed E-state index contributed by atoms with van der Waals surface area (Å²) in [6.45, 7) is 0. The van der Waals surface area contributed by atoms with Crippen LogP contribution >= 0.6 is 0 Å². The van der Waals surface area contributed by atoms with E-state index in [1.54, 1.807) is 42.5 Å². The van der Waals surface area contributed by atoms with Crippen LogP contribution in [-0.4, -0.2) is 16.1 Å². The average Bonchev–Trinajstić information content (AvgIpc) is 2.67. The number of aromatic amines is 1. The summed E-state index contributed by atoms with van der Waals surface area (Å²) in [6.07, 6.45) is 0. The van der Waals surface area contributed by atoms with Gasteiger partial charge in [0, 0.05) is 5.56 Å². The summed E-state index contributed by atoms with van der Waals surface area (Å²) < 4.78 is 0. The molecule has 0 bridgehead atoms. The summed E-state index contributed by atoms with van der Waals surface area (Å²) in [4.78, 5) is 25.9. The zero-order valence-electron chi connectivity index (χ0n) is 13.9. The van der Waals surface area contributed by atoms with E-state index in [4.69, 9.17) is 5.73 Å². The van der Waals surface area contributed by atoms with Gasteiger partial charge in [-0.2, -0.15) is 10.5 Å². The minimum atomic E-state index is -1.08. The molecule has 4 N–H and O–H groups in total. The van der Waals surface area contributed by atoms with Gasteiger partial charge in [-0.1, -0.05) is 36.4 Å². The second-order valence-corrected chi connectivity index (χ2v) is 5.65. The predicted octanol–water partition coefficient (Wildman–Crippen LogP) is 2.73. The Balaban J connectivity index is 2.32. The second-order valence-electron chi connectivity index (χ2n) is 5.65. The molecule has 2 aromatic carbocycles. The van der Waals surface area contributed by atoms with Gasteiger partial charge in [0.2, 0.25) is 0 Å². The summed E-state index contributed by atoms with van der Waals surface area (Å²) in [6, 6.07) is 16.8. The van der Waals surface area contributed by atoms with Crippen molar-refractivity contribution in [3.63, 3.8) is 0 Å². The van der Waals surface area contributed by atoms with Crippen LogP contribution in [0.15, 0.2) is 53.3 Å². The third kappa shape index (κ3) is 3.01. The molecule has 0 saturated carbocycles. The van der Waals surface area contributed by atoms with E-state index in [1.165, 1.54) is 6.07 Å². The quantitative estimate of drug-likeness (QED) is 0.658. The number of rotatable bonds is 3. The molecule has 0 aliphatic carbocycles. The summed E-state index contributed by atoms with van der Waals surface area (Å²) in [7, 11) is 0. The average molecular weight is 356 g/mol. The van der Waals surface area contributed by atoms with E-state index in [9.17, 15) is 25.2 Å². The number of anilines is 1. The Morgan fingerprint density at radius 3 is 2.33 bits per heavy atom. The molecule has 7 nitrogen and oxygen atoms in total. The number of carboxylic acid groups (broad SMARTS) is 1. The number of nitrogen functional groups attached to an aromatic ring is 1. The number of nitriles is 2. The Morgan fingerprint density at radius 1 is 1.00 bits per heavy atom. The first-order chi connectivity index (χ1) is 13.0. The minimum absolute atomic E-state index is 0.0187. The van der Waals surface area contributed by atoms with Crippen molar-refractivity contribution in [3.05, 3.63) is 75.6 Å². The zero-order valence-corrected chi connectivity index (χ0v) is 13.9. The standard InChI is InChI=1S/C20H12N4O3/c21-9-15-17(16(10-22)19(25)24-18(15)23)12-5-3-4-11(8-12)13-6-1-2-7-14(13)20(26)27/h1-8H,(H,26,27)(H3,23,24,25). The molecule has 27 heavy (non-hydrogen) atoms. The number of aromatic nitrogens is 1. The van der Waals surface area contributed by atoms with E-state index in [0.717, 1.165) is 0 Å². The normalized spacial score (nSPS) is 10.0. The third-order valence-corrected chi connectivity index (χ3v) is 4.09. The van der Waals surface area contributed by atoms with Crippen LogP contribution in [-0.2, 0) is 0 Å². The van der Waals surface area contributed by atoms with Gasteiger partial charge in [-0.15, -0.1) is 0 Å². The number of carboxylic acids is 1. The molecule has 0 aliphatic heterocycles. The molecule has 0 radical (unpaired) electrons. The number of hydrogen-bond donors (Lipinski definition) is 3. The fourth-order valence-electron chi connectivity index (χ4n) is 2.90. The summed E-state index contributed by atoms with van der Waals surface area (Å²) in [5.41, 5.74) is 6.49. The molecule has 0 fully saturated rings. The van der Waals surface area contributed by atoms with E-state index >= 15 is 0 Å². The van der Waals surface area contributed by atoms with Crippen molar-refractivity contribution in [2.24, 2.45) is 0 Å². The summed E-state index contributed by atoms with van der Waals surface area (Å²) in [5.74, 6) is -1.21. The maximum absolute atomic E-state index is 12.1. The first-order valence-corrected chi connectivity index (χ1v) is 7.77. The summed E-state index contributed by atoms with van der Waals surface area (Å²) >= 11 is 0. The Labute approximate surface area is 153 Å². The lowest BCUT2D eigenvalue weighted by molar-refractivity contribution is 0.0697. The van der Waals surface area contributed by atoms with Crippen LogP contribution < -0.4 is 11.3 Å². The molecule has 3 rings (SSSR count). The highest BCUT2D eigenvalue weighted by Crippen LogP contribution is 2.32. The number of hydrogen-bond acceptors (Lipinski definition) is 5. The maximum atomic E-state index is 12.1. The topological polar surface area (TPSA) is 144 Å². The smallest absolute Gasteiger partial charge is 0.336 e. The van der Waals surface area contributed by atoms with Gasteiger partial charge in [0.15, 0.2) is 0 Å². The Morgan fingerprint density at radius 2 is 1.67 bits per heavy atom. The van der Waals surface area contributed by atoms with Crippen molar-refractivity contribution in [3.8, 4) is 34.4 Å². The van der Waals surface area contributed by atoms with Crippen molar-refractivity contribution >= 4 is 11.8 Å². The lowest BCUT2D eigenvalue weighted by atomic mass is 9.92. The number of aromatic carboxylic acids is 1. The van der Waals surface area contributed by atoms with Crippen molar-refractivity contribution in [1.82, 2.24) is 4.98 Å². The number of nitrogens with one attached hydrogen (secondary N) is 1. The Kier molecular flexibility index (Phi) is 4.44. The van der Waals surface area contributed by atoms with Crippen LogP contribution in [0.5, 0.6) is 0 Å². The molecular weight excluding hydrogens is 344 g/mol. The second kappa shape index (κ2) is 6.87. The zero-order chi connectivity index (χ0) is 19.6. The molecule has 0 aliphatic rings. The SMILES string of the molecule is N#Cc1c(N)[nH]c(=O)c(C#N)c1-c1cccc(-c2ccccc2C(=O)O)c1. The number of H-pyrrole nitrogens is 1. The lowest BCUT2D eigenvalue weighted by Gasteiger charge is -2.11. The molecule has 0 atom stereocenters. The van der Waals surface area contributed by atoms with E-state index in [0.29, 0.717) is 16.7 Å². The van der Waals surface area contributed by atoms with Crippen LogP contribution in [0.2, 0.25) is 0 Å². The molecule has 3 aromatic rings. The number of nitrogens with zero attached hydrogens (tertiary/aromatic N) is 2. The fourth-order valence-corrected chi connectivity index (χ4v) is 2.90. The first-order valence-electron chi connectivity index (χ1n) is 7.77. The molecule has 7 heteroatoms. The Hall–Kier alpha value is -4.36. The van der Waals surface area contributed by atoms with Crippen LogP contribution in [0, 0.1) is 22.7 Å². The largest absolute Gasteiger partial charge is 0.478 e.